The molecule has 2 aliphatic rings. The van der Waals surface area contributed by atoms with Gasteiger partial charge in [0.25, 0.3) is 0 Å². The number of nitrogens with zero attached hydrogens (tertiary/aromatic N) is 6. The topological polar surface area (TPSA) is 87.7 Å². The van der Waals surface area contributed by atoms with Gasteiger partial charge in [0.15, 0.2) is 5.58 Å². The summed E-state index contributed by atoms with van der Waals surface area (Å²) in [6.45, 7) is 8.24. The van der Waals surface area contributed by atoms with Gasteiger partial charge < -0.3 is 14.2 Å². The number of alkyl halides is 1. The lowest BCUT2D eigenvalue weighted by Gasteiger charge is -2.37. The summed E-state index contributed by atoms with van der Waals surface area (Å²) in [4.78, 5) is 41.5. The van der Waals surface area contributed by atoms with Crippen molar-refractivity contribution in [2.75, 3.05) is 44.2 Å². The van der Waals surface area contributed by atoms with Gasteiger partial charge in [-0.1, -0.05) is 11.6 Å². The smallest absolute Gasteiger partial charge is 0.349 e. The number of hydrogen-bond acceptors (Lipinski definition) is 7. The van der Waals surface area contributed by atoms with Crippen molar-refractivity contribution < 1.29 is 13.6 Å². The van der Waals surface area contributed by atoms with Crippen molar-refractivity contribution in [3.63, 3.8) is 0 Å². The Morgan fingerprint density at radius 1 is 1.15 bits per heavy atom. The number of likely N-dealkylation sites (tertiary alicyclic amines) is 1. The van der Waals surface area contributed by atoms with Crippen molar-refractivity contribution in [3.8, 4) is 11.3 Å². The molecule has 1 amide bonds. The molecular formula is C28H30ClFN6O3. The third-order valence-corrected chi connectivity index (χ3v) is 7.95. The molecule has 2 aliphatic heterocycles. The van der Waals surface area contributed by atoms with Crippen LogP contribution in [0.25, 0.3) is 33.3 Å². The van der Waals surface area contributed by atoms with E-state index in [-0.39, 0.29) is 19.0 Å². The Balaban J connectivity index is 1.38. The lowest BCUT2D eigenvalue weighted by molar-refractivity contribution is -0.130. The van der Waals surface area contributed by atoms with Crippen LogP contribution in [0.5, 0.6) is 0 Å². The zero-order valence-electron chi connectivity index (χ0n) is 21.9. The third kappa shape index (κ3) is 4.87. The fourth-order valence-corrected chi connectivity index (χ4v) is 5.66. The van der Waals surface area contributed by atoms with Crippen molar-refractivity contribution in [1.82, 2.24) is 24.3 Å². The van der Waals surface area contributed by atoms with E-state index in [0.29, 0.717) is 57.4 Å². The first-order valence-corrected chi connectivity index (χ1v) is 13.7. The van der Waals surface area contributed by atoms with Crippen LogP contribution in [0, 0.1) is 0 Å². The van der Waals surface area contributed by atoms with Crippen LogP contribution in [0.1, 0.15) is 20.3 Å². The molecular weight excluding hydrogens is 523 g/mol. The lowest BCUT2D eigenvalue weighted by Crippen LogP contribution is -2.49. The molecule has 6 rings (SSSR count). The van der Waals surface area contributed by atoms with Crippen molar-refractivity contribution in [1.29, 1.82) is 0 Å². The Morgan fingerprint density at radius 3 is 2.62 bits per heavy atom. The number of piperazine rings is 1. The van der Waals surface area contributed by atoms with Gasteiger partial charge in [0.1, 0.15) is 35.3 Å². The quantitative estimate of drug-likeness (QED) is 0.370. The van der Waals surface area contributed by atoms with E-state index in [9.17, 15) is 14.0 Å². The van der Waals surface area contributed by atoms with E-state index in [0.717, 1.165) is 32.0 Å². The SMILES string of the molecule is CC(C)N1CCN(c2ccc(-c3nc(=O)n(CC(=O)N4CC[C@H](F)C4)c4c3oc3ccc(Cl)cc34)cn2)CC1. The predicted molar refractivity (Wildman–Crippen MR) is 149 cm³/mol. The fraction of sp³-hybridized carbons (Fsp3) is 0.429. The highest BCUT2D eigenvalue weighted by Gasteiger charge is 2.28. The van der Waals surface area contributed by atoms with Crippen LogP contribution in [0.15, 0.2) is 45.7 Å². The van der Waals surface area contributed by atoms with Gasteiger partial charge in [0, 0.05) is 60.9 Å². The highest BCUT2D eigenvalue weighted by Crippen LogP contribution is 2.35. The molecule has 0 aliphatic carbocycles. The molecule has 0 radical (unpaired) electrons. The molecule has 9 nitrogen and oxygen atoms in total. The molecule has 11 heteroatoms. The normalized spacial score (nSPS) is 18.6. The molecule has 0 bridgehead atoms. The van der Waals surface area contributed by atoms with E-state index >= 15 is 0 Å². The summed E-state index contributed by atoms with van der Waals surface area (Å²) in [7, 11) is 0. The number of amides is 1. The van der Waals surface area contributed by atoms with Gasteiger partial charge in [-0.05, 0) is 50.6 Å². The molecule has 5 heterocycles. The van der Waals surface area contributed by atoms with Gasteiger partial charge in [0.2, 0.25) is 5.91 Å². The minimum atomic E-state index is -1.05. The van der Waals surface area contributed by atoms with E-state index in [1.54, 1.807) is 24.4 Å². The monoisotopic (exact) mass is 552 g/mol. The van der Waals surface area contributed by atoms with Gasteiger partial charge in [-0.3, -0.25) is 14.3 Å². The highest BCUT2D eigenvalue weighted by atomic mass is 35.5. The Labute approximate surface area is 229 Å². The maximum atomic E-state index is 13.7. The number of pyridine rings is 1. The van der Waals surface area contributed by atoms with E-state index in [4.69, 9.17) is 16.0 Å². The summed E-state index contributed by atoms with van der Waals surface area (Å²) < 4.78 is 21.2. The second-order valence-corrected chi connectivity index (χ2v) is 10.9. The first-order chi connectivity index (χ1) is 18.8. The van der Waals surface area contributed by atoms with Crippen LogP contribution < -0.4 is 10.6 Å². The number of halogens is 2. The van der Waals surface area contributed by atoms with Crippen molar-refractivity contribution >= 4 is 45.4 Å². The van der Waals surface area contributed by atoms with Crippen LogP contribution in [0.4, 0.5) is 10.2 Å². The van der Waals surface area contributed by atoms with Crippen LogP contribution in [0.2, 0.25) is 5.02 Å². The standard InChI is InChI=1S/C28H30ClFN6O3/c1-17(2)33-9-11-34(12-10-33)23-6-3-18(14-31-23)25-27-26(21-13-19(29)4-5-22(21)39-27)36(28(38)32-25)16-24(37)35-8-7-20(30)15-35/h3-6,13-14,17,20H,7-12,15-16H2,1-2H3/t20-/m0/s1. The maximum Gasteiger partial charge on any atom is 0.349 e. The van der Waals surface area contributed by atoms with Gasteiger partial charge in [-0.25, -0.2) is 14.2 Å². The van der Waals surface area contributed by atoms with E-state index in [1.165, 1.54) is 9.47 Å². The molecule has 0 unspecified atom stereocenters. The Bertz CT molecular complexity index is 1590. The first-order valence-electron chi connectivity index (χ1n) is 13.3. The molecule has 2 saturated heterocycles. The number of hydrogen-bond donors (Lipinski definition) is 0. The summed E-state index contributed by atoms with van der Waals surface area (Å²) in [6.07, 6.45) is 0.954. The molecule has 1 aromatic carbocycles. The Kier molecular flexibility index (Phi) is 6.76. The van der Waals surface area contributed by atoms with Crippen LogP contribution >= 0.6 is 11.6 Å². The van der Waals surface area contributed by atoms with E-state index < -0.39 is 11.9 Å². The highest BCUT2D eigenvalue weighted by molar-refractivity contribution is 6.31. The van der Waals surface area contributed by atoms with Crippen LogP contribution in [0.3, 0.4) is 0 Å². The van der Waals surface area contributed by atoms with Crippen molar-refractivity contribution in [2.45, 2.75) is 39.0 Å². The number of rotatable bonds is 5. The molecule has 3 aromatic heterocycles. The number of furan rings is 1. The summed E-state index contributed by atoms with van der Waals surface area (Å²) in [5, 5.41) is 1.07. The molecule has 2 fully saturated rings. The maximum absolute atomic E-state index is 13.7. The zero-order valence-corrected chi connectivity index (χ0v) is 22.7. The Morgan fingerprint density at radius 2 is 1.95 bits per heavy atom. The van der Waals surface area contributed by atoms with Gasteiger partial charge >= 0.3 is 5.69 Å². The second kappa shape index (κ2) is 10.2. The number of fused-ring (bicyclic) bond motifs is 3. The number of carbonyl (C=O) groups is 1. The van der Waals surface area contributed by atoms with Crippen molar-refractivity contribution in [2.24, 2.45) is 0 Å². The summed E-state index contributed by atoms with van der Waals surface area (Å²) in [5.41, 5.74) is 1.69. The number of carbonyl (C=O) groups excluding carboxylic acids is 1. The first kappa shape index (κ1) is 25.8. The van der Waals surface area contributed by atoms with Crippen LogP contribution in [-0.2, 0) is 11.3 Å². The van der Waals surface area contributed by atoms with Gasteiger partial charge in [0.05, 0.1) is 6.54 Å². The number of aromatic nitrogens is 3. The molecule has 0 saturated carbocycles. The van der Waals surface area contributed by atoms with Gasteiger partial charge in [-0.15, -0.1) is 0 Å². The Hall–Kier alpha value is -3.50. The molecule has 0 spiro atoms. The molecule has 204 valence electrons. The number of anilines is 1. The number of benzene rings is 1. The average Bonchev–Trinajstić information content (AvgIpc) is 3.54. The van der Waals surface area contributed by atoms with E-state index in [2.05, 4.69) is 33.6 Å². The van der Waals surface area contributed by atoms with Crippen LogP contribution in [-0.4, -0.2) is 81.7 Å². The minimum Gasteiger partial charge on any atom is -0.452 e. The van der Waals surface area contributed by atoms with Crippen molar-refractivity contribution in [3.05, 3.63) is 52.0 Å². The summed E-state index contributed by atoms with van der Waals surface area (Å²) >= 11 is 6.29. The average molecular weight is 553 g/mol. The zero-order chi connectivity index (χ0) is 27.3. The van der Waals surface area contributed by atoms with E-state index in [1.807, 2.05) is 12.1 Å². The lowest BCUT2D eigenvalue weighted by atomic mass is 10.1. The van der Waals surface area contributed by atoms with Gasteiger partial charge in [-0.2, -0.15) is 4.98 Å². The molecule has 39 heavy (non-hydrogen) atoms. The molecule has 1 atom stereocenters. The molecule has 0 N–H and O–H groups in total. The predicted octanol–water partition coefficient (Wildman–Crippen LogP) is 3.96. The minimum absolute atomic E-state index is 0.0325. The summed E-state index contributed by atoms with van der Waals surface area (Å²) in [5.74, 6) is 0.526. The second-order valence-electron chi connectivity index (χ2n) is 10.5. The largest absolute Gasteiger partial charge is 0.452 e. The third-order valence-electron chi connectivity index (χ3n) is 7.71. The summed E-state index contributed by atoms with van der Waals surface area (Å²) in [6, 6.07) is 9.47. The fourth-order valence-electron chi connectivity index (χ4n) is 5.49. The molecule has 4 aromatic rings.